The lowest BCUT2D eigenvalue weighted by atomic mass is 10.1. The summed E-state index contributed by atoms with van der Waals surface area (Å²) in [6.45, 7) is 0. The van der Waals surface area contributed by atoms with Gasteiger partial charge in [0.1, 0.15) is 17.2 Å². The molecule has 2 aromatic carbocycles. The second-order valence-electron chi connectivity index (χ2n) is 4.47. The molecule has 0 amide bonds. The molecule has 3 aromatic rings. The summed E-state index contributed by atoms with van der Waals surface area (Å²) in [5.74, 6) is 0.293. The van der Waals surface area contributed by atoms with Crippen molar-refractivity contribution in [3.8, 4) is 0 Å². The Morgan fingerprint density at radius 1 is 1.15 bits per heavy atom. The quantitative estimate of drug-likeness (QED) is 0.622. The molecule has 3 rings (SSSR count). The first-order chi connectivity index (χ1) is 9.54. The van der Waals surface area contributed by atoms with Crippen LogP contribution in [0, 0.1) is 9.39 Å². The number of fused-ring (bicyclic) bond motifs is 1. The van der Waals surface area contributed by atoms with Crippen molar-refractivity contribution in [2.45, 2.75) is 6.04 Å². The molecule has 0 spiro atoms. The minimum atomic E-state index is -0.434. The molecule has 1 unspecified atom stereocenters. The Bertz CT molecular complexity index is 787. The van der Waals surface area contributed by atoms with E-state index in [0.29, 0.717) is 21.8 Å². The van der Waals surface area contributed by atoms with E-state index in [-0.39, 0.29) is 5.82 Å². The molecule has 0 radical (unpaired) electrons. The number of hydrogen-bond acceptors (Lipinski definition) is 2. The smallest absolute Gasteiger partial charge is 0.134 e. The summed E-state index contributed by atoms with van der Waals surface area (Å²) in [5.41, 5.74) is 7.74. The molecule has 0 saturated carbocycles. The van der Waals surface area contributed by atoms with Crippen molar-refractivity contribution in [3.05, 3.63) is 68.2 Å². The highest BCUT2D eigenvalue weighted by Gasteiger charge is 2.17. The van der Waals surface area contributed by atoms with Crippen molar-refractivity contribution < 1.29 is 8.81 Å². The molecule has 2 nitrogen and oxygen atoms in total. The first-order valence-corrected chi connectivity index (χ1v) is 7.40. The normalized spacial score (nSPS) is 12.8. The van der Waals surface area contributed by atoms with E-state index >= 15 is 0 Å². The standard InChI is InChI=1S/C15H10ClFINO/c16-9-1-3-12(18)11(7-9)15(19)14-6-8-5-10(17)2-4-13(8)20-14/h1-7,15H,19H2. The molecule has 0 aliphatic rings. The molecule has 2 N–H and O–H groups in total. The van der Waals surface area contributed by atoms with Gasteiger partial charge in [0.2, 0.25) is 0 Å². The summed E-state index contributed by atoms with van der Waals surface area (Å²) in [7, 11) is 0. The van der Waals surface area contributed by atoms with Gasteiger partial charge in [-0.2, -0.15) is 0 Å². The molecular formula is C15H10ClFINO. The Balaban J connectivity index is 2.07. The zero-order chi connectivity index (χ0) is 14.3. The lowest BCUT2D eigenvalue weighted by Crippen LogP contribution is -2.12. The third-order valence-electron chi connectivity index (χ3n) is 3.10. The van der Waals surface area contributed by atoms with Gasteiger partial charge in [-0.05, 0) is 70.6 Å². The van der Waals surface area contributed by atoms with Crippen LogP contribution in [0.2, 0.25) is 5.02 Å². The van der Waals surface area contributed by atoms with Crippen LogP contribution in [0.1, 0.15) is 17.4 Å². The maximum absolute atomic E-state index is 13.2. The number of rotatable bonds is 2. The zero-order valence-electron chi connectivity index (χ0n) is 10.2. The van der Waals surface area contributed by atoms with Crippen molar-refractivity contribution in [1.29, 1.82) is 0 Å². The molecular weight excluding hydrogens is 392 g/mol. The van der Waals surface area contributed by atoms with Gasteiger partial charge in [0.25, 0.3) is 0 Å². The molecule has 0 aliphatic carbocycles. The van der Waals surface area contributed by atoms with Crippen LogP contribution in [0.25, 0.3) is 11.0 Å². The summed E-state index contributed by atoms with van der Waals surface area (Å²) >= 11 is 8.21. The number of hydrogen-bond donors (Lipinski definition) is 1. The molecule has 0 fully saturated rings. The predicted octanol–water partition coefficient (Wildman–Crippen LogP) is 4.88. The third-order valence-corrected chi connectivity index (χ3v) is 4.31. The SMILES string of the molecule is NC(c1cc2cc(F)ccc2o1)c1cc(Cl)ccc1I. The van der Waals surface area contributed by atoms with E-state index in [9.17, 15) is 4.39 Å². The van der Waals surface area contributed by atoms with Crippen LogP contribution >= 0.6 is 34.2 Å². The fraction of sp³-hybridized carbons (Fsp3) is 0.0667. The first kappa shape index (κ1) is 13.9. The van der Waals surface area contributed by atoms with Crippen LogP contribution in [0.4, 0.5) is 4.39 Å². The molecule has 0 saturated heterocycles. The monoisotopic (exact) mass is 401 g/mol. The van der Waals surface area contributed by atoms with Gasteiger partial charge in [0, 0.05) is 14.0 Å². The molecule has 0 aliphatic heterocycles. The molecule has 5 heteroatoms. The highest BCUT2D eigenvalue weighted by atomic mass is 127. The van der Waals surface area contributed by atoms with Crippen LogP contribution in [-0.2, 0) is 0 Å². The van der Waals surface area contributed by atoms with Crippen LogP contribution in [0.15, 0.2) is 46.9 Å². The van der Waals surface area contributed by atoms with Gasteiger partial charge in [-0.15, -0.1) is 0 Å². The second kappa shape index (κ2) is 5.35. The van der Waals surface area contributed by atoms with Crippen LogP contribution in [0.5, 0.6) is 0 Å². The van der Waals surface area contributed by atoms with E-state index in [1.54, 1.807) is 12.1 Å². The summed E-state index contributed by atoms with van der Waals surface area (Å²) < 4.78 is 19.9. The van der Waals surface area contributed by atoms with Gasteiger partial charge in [0.05, 0.1) is 6.04 Å². The van der Waals surface area contributed by atoms with E-state index in [1.165, 1.54) is 12.1 Å². The van der Waals surface area contributed by atoms with Crippen molar-refractivity contribution in [1.82, 2.24) is 0 Å². The Kier molecular flexibility index (Phi) is 3.70. The van der Waals surface area contributed by atoms with Crippen molar-refractivity contribution in [3.63, 3.8) is 0 Å². The molecule has 0 bridgehead atoms. The van der Waals surface area contributed by atoms with Gasteiger partial charge in [-0.3, -0.25) is 0 Å². The molecule has 102 valence electrons. The second-order valence-corrected chi connectivity index (χ2v) is 6.07. The van der Waals surface area contributed by atoms with Gasteiger partial charge in [0.15, 0.2) is 0 Å². The number of benzene rings is 2. The van der Waals surface area contributed by atoms with Crippen molar-refractivity contribution >= 4 is 45.2 Å². The Morgan fingerprint density at radius 3 is 2.75 bits per heavy atom. The van der Waals surface area contributed by atoms with Gasteiger partial charge in [-0.1, -0.05) is 11.6 Å². The Morgan fingerprint density at radius 2 is 1.95 bits per heavy atom. The number of nitrogens with two attached hydrogens (primary N) is 1. The van der Waals surface area contributed by atoms with E-state index < -0.39 is 6.04 Å². The Hall–Kier alpha value is -1.11. The summed E-state index contributed by atoms with van der Waals surface area (Å²) in [4.78, 5) is 0. The van der Waals surface area contributed by atoms with E-state index in [4.69, 9.17) is 21.8 Å². The summed E-state index contributed by atoms with van der Waals surface area (Å²) in [5, 5.41) is 1.32. The minimum absolute atomic E-state index is 0.296. The third kappa shape index (κ3) is 2.55. The van der Waals surface area contributed by atoms with E-state index in [1.807, 2.05) is 18.2 Å². The average molecular weight is 402 g/mol. The van der Waals surface area contributed by atoms with Crippen molar-refractivity contribution in [2.75, 3.05) is 0 Å². The zero-order valence-corrected chi connectivity index (χ0v) is 13.2. The average Bonchev–Trinajstić information content (AvgIpc) is 2.83. The largest absolute Gasteiger partial charge is 0.459 e. The lowest BCUT2D eigenvalue weighted by molar-refractivity contribution is 0.524. The fourth-order valence-electron chi connectivity index (χ4n) is 2.09. The highest BCUT2D eigenvalue weighted by molar-refractivity contribution is 14.1. The molecule has 20 heavy (non-hydrogen) atoms. The maximum Gasteiger partial charge on any atom is 0.134 e. The van der Waals surface area contributed by atoms with E-state index in [0.717, 1.165) is 9.13 Å². The topological polar surface area (TPSA) is 39.2 Å². The van der Waals surface area contributed by atoms with Crippen LogP contribution < -0.4 is 5.73 Å². The van der Waals surface area contributed by atoms with Gasteiger partial charge >= 0.3 is 0 Å². The van der Waals surface area contributed by atoms with Crippen LogP contribution in [-0.4, -0.2) is 0 Å². The van der Waals surface area contributed by atoms with E-state index in [2.05, 4.69) is 22.6 Å². The maximum atomic E-state index is 13.2. The van der Waals surface area contributed by atoms with Gasteiger partial charge in [-0.25, -0.2) is 4.39 Å². The lowest BCUT2D eigenvalue weighted by Gasteiger charge is -2.11. The Labute approximate surface area is 133 Å². The molecule has 1 aromatic heterocycles. The highest BCUT2D eigenvalue weighted by Crippen LogP contribution is 2.30. The minimum Gasteiger partial charge on any atom is -0.459 e. The summed E-state index contributed by atoms with van der Waals surface area (Å²) in [6, 6.07) is 11.3. The van der Waals surface area contributed by atoms with Crippen molar-refractivity contribution in [2.24, 2.45) is 5.73 Å². The fourth-order valence-corrected chi connectivity index (χ4v) is 2.95. The molecule has 1 atom stereocenters. The first-order valence-electron chi connectivity index (χ1n) is 5.94. The summed E-state index contributed by atoms with van der Waals surface area (Å²) in [6.07, 6.45) is 0. The number of halogens is 3. The number of furan rings is 1. The molecule has 1 heterocycles. The predicted molar refractivity (Wildman–Crippen MR) is 86.4 cm³/mol. The van der Waals surface area contributed by atoms with Crippen LogP contribution in [0.3, 0.4) is 0 Å². The van der Waals surface area contributed by atoms with Gasteiger partial charge < -0.3 is 10.2 Å².